The van der Waals surface area contributed by atoms with Crippen LogP contribution in [0.2, 0.25) is 0 Å². The molecule has 0 aliphatic carbocycles. The molecule has 2 saturated heterocycles. The molecule has 3 rings (SSSR count). The van der Waals surface area contributed by atoms with Gasteiger partial charge in [-0.1, -0.05) is 0 Å². The molecule has 3 heterocycles. The van der Waals surface area contributed by atoms with Crippen LogP contribution >= 0.6 is 0 Å². The minimum Gasteiger partial charge on any atom is -0.467 e. The van der Waals surface area contributed by atoms with E-state index in [1.165, 1.54) is 0 Å². The van der Waals surface area contributed by atoms with E-state index in [-0.39, 0.29) is 0 Å². The molecular weight excluding hydrogens is 256 g/mol. The van der Waals surface area contributed by atoms with Gasteiger partial charge in [-0.25, -0.2) is 9.97 Å². The molecule has 6 heteroatoms. The Morgan fingerprint density at radius 2 is 2.30 bits per heavy atom. The zero-order valence-corrected chi connectivity index (χ0v) is 12.4. The molecule has 2 fully saturated rings. The molecule has 0 saturated carbocycles. The van der Waals surface area contributed by atoms with E-state index in [9.17, 15) is 0 Å². The summed E-state index contributed by atoms with van der Waals surface area (Å²) >= 11 is 0. The summed E-state index contributed by atoms with van der Waals surface area (Å²) in [6.07, 6.45) is 2.21. The van der Waals surface area contributed by atoms with E-state index in [0.29, 0.717) is 18.2 Å². The van der Waals surface area contributed by atoms with Crippen LogP contribution in [0.1, 0.15) is 11.3 Å². The molecule has 2 atom stereocenters. The standard InChI is InChI=1S/C14H22N4O2/c1-10-11(6-15-14(16-10)19-3)7-18-8-12-13(9-18)20-5-4-17(12)2/h6,12-13H,4-5,7-9H2,1-3H3/t12-,13+/m0/s1. The first-order valence-electron chi connectivity index (χ1n) is 7.08. The van der Waals surface area contributed by atoms with Gasteiger partial charge in [-0.2, -0.15) is 0 Å². The average molecular weight is 278 g/mol. The number of hydrogen-bond acceptors (Lipinski definition) is 6. The number of likely N-dealkylation sites (tertiary alicyclic amines) is 1. The Kier molecular flexibility index (Phi) is 3.87. The maximum atomic E-state index is 5.87. The van der Waals surface area contributed by atoms with Gasteiger partial charge >= 0.3 is 6.01 Å². The van der Waals surface area contributed by atoms with Gasteiger partial charge in [0.2, 0.25) is 0 Å². The highest BCUT2D eigenvalue weighted by atomic mass is 16.5. The number of nitrogens with zero attached hydrogens (tertiary/aromatic N) is 4. The molecule has 0 unspecified atom stereocenters. The van der Waals surface area contributed by atoms with Crippen LogP contribution in [0.25, 0.3) is 0 Å². The second-order valence-electron chi connectivity index (χ2n) is 5.62. The first-order chi connectivity index (χ1) is 9.67. The molecule has 0 radical (unpaired) electrons. The van der Waals surface area contributed by atoms with Crippen LogP contribution < -0.4 is 4.74 Å². The minimum absolute atomic E-state index is 0.341. The topological polar surface area (TPSA) is 50.7 Å². The quantitative estimate of drug-likeness (QED) is 0.793. The van der Waals surface area contributed by atoms with Gasteiger partial charge in [-0.3, -0.25) is 9.80 Å². The van der Waals surface area contributed by atoms with Gasteiger partial charge in [-0.05, 0) is 14.0 Å². The van der Waals surface area contributed by atoms with Crippen molar-refractivity contribution in [1.82, 2.24) is 19.8 Å². The fourth-order valence-electron chi connectivity index (χ4n) is 3.03. The summed E-state index contributed by atoms with van der Waals surface area (Å²) in [6, 6.07) is 0.952. The third kappa shape index (κ3) is 2.63. The fourth-order valence-corrected chi connectivity index (χ4v) is 3.03. The lowest BCUT2D eigenvalue weighted by molar-refractivity contribution is -0.0370. The smallest absolute Gasteiger partial charge is 0.316 e. The fraction of sp³-hybridized carbons (Fsp3) is 0.714. The largest absolute Gasteiger partial charge is 0.467 e. The van der Waals surface area contributed by atoms with Gasteiger partial charge in [0, 0.05) is 49.7 Å². The highest BCUT2D eigenvalue weighted by Crippen LogP contribution is 2.23. The van der Waals surface area contributed by atoms with E-state index in [1.807, 2.05) is 13.1 Å². The first-order valence-corrected chi connectivity index (χ1v) is 7.08. The average Bonchev–Trinajstić information content (AvgIpc) is 2.85. The lowest BCUT2D eigenvalue weighted by Crippen LogP contribution is -2.48. The van der Waals surface area contributed by atoms with Crippen molar-refractivity contribution in [3.63, 3.8) is 0 Å². The van der Waals surface area contributed by atoms with Crippen LogP contribution in [0.4, 0.5) is 0 Å². The summed E-state index contributed by atoms with van der Waals surface area (Å²) in [4.78, 5) is 13.4. The molecule has 0 bridgehead atoms. The Labute approximate surface area is 119 Å². The molecule has 20 heavy (non-hydrogen) atoms. The Balaban J connectivity index is 1.67. The molecule has 0 N–H and O–H groups in total. The molecule has 1 aromatic rings. The highest BCUT2D eigenvalue weighted by molar-refractivity contribution is 5.18. The summed E-state index contributed by atoms with van der Waals surface area (Å²) in [5.41, 5.74) is 2.15. The van der Waals surface area contributed by atoms with Crippen molar-refractivity contribution >= 4 is 0 Å². The van der Waals surface area contributed by atoms with E-state index in [1.54, 1.807) is 7.11 Å². The number of fused-ring (bicyclic) bond motifs is 1. The Morgan fingerprint density at radius 1 is 1.45 bits per heavy atom. The summed E-state index contributed by atoms with van der Waals surface area (Å²) in [6.45, 7) is 6.79. The van der Waals surface area contributed by atoms with Crippen LogP contribution in [-0.2, 0) is 11.3 Å². The van der Waals surface area contributed by atoms with Crippen molar-refractivity contribution < 1.29 is 9.47 Å². The monoisotopic (exact) mass is 278 g/mol. The molecule has 0 amide bonds. The number of hydrogen-bond donors (Lipinski definition) is 0. The zero-order valence-electron chi connectivity index (χ0n) is 12.4. The van der Waals surface area contributed by atoms with E-state index in [2.05, 4.69) is 26.8 Å². The van der Waals surface area contributed by atoms with Crippen LogP contribution in [0.3, 0.4) is 0 Å². The highest BCUT2D eigenvalue weighted by Gasteiger charge is 2.38. The molecule has 0 aromatic carbocycles. The van der Waals surface area contributed by atoms with E-state index in [4.69, 9.17) is 9.47 Å². The summed E-state index contributed by atoms with van der Waals surface area (Å²) in [7, 11) is 3.78. The molecule has 6 nitrogen and oxygen atoms in total. The van der Waals surface area contributed by atoms with E-state index >= 15 is 0 Å². The summed E-state index contributed by atoms with van der Waals surface area (Å²) < 4.78 is 10.9. The Bertz CT molecular complexity index is 482. The van der Waals surface area contributed by atoms with Gasteiger partial charge in [0.15, 0.2) is 0 Å². The van der Waals surface area contributed by atoms with E-state index in [0.717, 1.165) is 44.0 Å². The third-order valence-corrected chi connectivity index (χ3v) is 4.29. The Morgan fingerprint density at radius 3 is 3.00 bits per heavy atom. The van der Waals surface area contributed by atoms with Crippen molar-refractivity contribution in [1.29, 1.82) is 0 Å². The van der Waals surface area contributed by atoms with Crippen molar-refractivity contribution in [3.8, 4) is 6.01 Å². The van der Waals surface area contributed by atoms with Gasteiger partial charge < -0.3 is 9.47 Å². The summed E-state index contributed by atoms with van der Waals surface area (Å²) in [5.74, 6) is 0. The van der Waals surface area contributed by atoms with Crippen molar-refractivity contribution in [3.05, 3.63) is 17.5 Å². The SMILES string of the molecule is COc1ncc(CN2C[C@H]3OCCN(C)[C@H]3C2)c(C)n1. The second-order valence-corrected chi connectivity index (χ2v) is 5.62. The third-order valence-electron chi connectivity index (χ3n) is 4.29. The Hall–Kier alpha value is -1.24. The van der Waals surface area contributed by atoms with Crippen molar-refractivity contribution in [2.75, 3.05) is 40.4 Å². The summed E-state index contributed by atoms with van der Waals surface area (Å²) in [5, 5.41) is 0. The molecule has 0 spiro atoms. The maximum absolute atomic E-state index is 5.87. The van der Waals surface area contributed by atoms with Crippen LogP contribution in [-0.4, -0.2) is 72.3 Å². The van der Waals surface area contributed by atoms with Crippen molar-refractivity contribution in [2.45, 2.75) is 25.6 Å². The van der Waals surface area contributed by atoms with E-state index < -0.39 is 0 Å². The number of aryl methyl sites for hydroxylation is 1. The lowest BCUT2D eigenvalue weighted by Gasteiger charge is -2.33. The van der Waals surface area contributed by atoms with Crippen LogP contribution in [0.5, 0.6) is 6.01 Å². The minimum atomic E-state index is 0.341. The number of methoxy groups -OCH3 is 1. The van der Waals surface area contributed by atoms with Crippen LogP contribution in [0, 0.1) is 6.92 Å². The predicted molar refractivity (Wildman–Crippen MR) is 74.8 cm³/mol. The van der Waals surface area contributed by atoms with Gasteiger partial charge in [-0.15, -0.1) is 0 Å². The lowest BCUT2D eigenvalue weighted by atomic mass is 10.1. The van der Waals surface area contributed by atoms with Crippen LogP contribution in [0.15, 0.2) is 6.20 Å². The molecule has 2 aliphatic heterocycles. The predicted octanol–water partition coefficient (Wildman–Crippen LogP) is 0.308. The number of ether oxygens (including phenoxy) is 2. The van der Waals surface area contributed by atoms with Gasteiger partial charge in [0.25, 0.3) is 0 Å². The number of morpholine rings is 1. The molecular formula is C14H22N4O2. The zero-order chi connectivity index (χ0) is 14.1. The normalized spacial score (nSPS) is 27.6. The molecule has 110 valence electrons. The molecule has 1 aromatic heterocycles. The number of rotatable bonds is 3. The van der Waals surface area contributed by atoms with Gasteiger partial charge in [0.1, 0.15) is 0 Å². The van der Waals surface area contributed by atoms with Crippen molar-refractivity contribution in [2.24, 2.45) is 0 Å². The number of likely N-dealkylation sites (N-methyl/N-ethyl adjacent to an activating group) is 1. The second kappa shape index (κ2) is 5.63. The number of aromatic nitrogens is 2. The first kappa shape index (κ1) is 13.7. The molecule has 2 aliphatic rings. The maximum Gasteiger partial charge on any atom is 0.316 e. The van der Waals surface area contributed by atoms with Gasteiger partial charge in [0.05, 0.1) is 19.8 Å².